The molecule has 0 unspecified atom stereocenters. The van der Waals surface area contributed by atoms with Gasteiger partial charge in [-0.05, 0) is 36.4 Å². The van der Waals surface area contributed by atoms with Gasteiger partial charge in [0.25, 0.3) is 10.0 Å². The lowest BCUT2D eigenvalue weighted by atomic mass is 10.2. The van der Waals surface area contributed by atoms with Crippen molar-refractivity contribution in [1.82, 2.24) is 0 Å². The van der Waals surface area contributed by atoms with Crippen LogP contribution >= 0.6 is 0 Å². The Morgan fingerprint density at radius 1 is 1.12 bits per heavy atom. The quantitative estimate of drug-likeness (QED) is 0.911. The van der Waals surface area contributed by atoms with E-state index in [-0.39, 0.29) is 23.3 Å². The molecule has 7 nitrogen and oxygen atoms in total. The number of carbonyl (C=O) groups excluding carboxylic acids is 1. The minimum absolute atomic E-state index is 0.0294. The summed E-state index contributed by atoms with van der Waals surface area (Å²) in [5, 5.41) is 2.65. The molecule has 0 atom stereocenters. The molecule has 0 fully saturated rings. The minimum Gasteiger partial charge on any atom is -0.438 e. The molecular weight excluding hydrogens is 332 g/mol. The molecule has 0 spiro atoms. The van der Waals surface area contributed by atoms with Crippen molar-refractivity contribution in [1.29, 1.82) is 0 Å². The first-order chi connectivity index (χ1) is 11.5. The number of hydrogen-bond acceptors (Lipinski definition) is 5. The highest BCUT2D eigenvalue weighted by atomic mass is 32.2. The van der Waals surface area contributed by atoms with Crippen molar-refractivity contribution < 1.29 is 22.7 Å². The third-order valence-electron chi connectivity index (χ3n) is 3.23. The second-order valence-electron chi connectivity index (χ2n) is 4.98. The van der Waals surface area contributed by atoms with Crippen LogP contribution in [0.25, 0.3) is 0 Å². The lowest BCUT2D eigenvalue weighted by Gasteiger charge is -2.07. The van der Waals surface area contributed by atoms with Gasteiger partial charge in [0.1, 0.15) is 17.3 Å². The van der Waals surface area contributed by atoms with Crippen LogP contribution in [0, 0.1) is 0 Å². The fourth-order valence-corrected chi connectivity index (χ4v) is 3.33. The van der Waals surface area contributed by atoms with Crippen LogP contribution in [0.4, 0.5) is 5.69 Å². The summed E-state index contributed by atoms with van der Waals surface area (Å²) in [5.74, 6) is 0.165. The number of hydrogen-bond donors (Lipinski definition) is 1. The molecule has 1 aliphatic rings. The molecule has 8 heteroatoms. The molecule has 0 radical (unpaired) electrons. The van der Waals surface area contributed by atoms with Gasteiger partial charge in [-0.3, -0.25) is 4.79 Å². The van der Waals surface area contributed by atoms with Crippen molar-refractivity contribution >= 4 is 27.5 Å². The molecule has 3 rings (SSSR count). The molecule has 0 saturated carbocycles. The van der Waals surface area contributed by atoms with Gasteiger partial charge in [-0.15, -0.1) is 4.40 Å². The van der Waals surface area contributed by atoms with Crippen LogP contribution in [0.1, 0.15) is 5.56 Å². The maximum atomic E-state index is 12.0. The fourth-order valence-electron chi connectivity index (χ4n) is 2.20. The lowest BCUT2D eigenvalue weighted by Crippen LogP contribution is -2.17. The first kappa shape index (κ1) is 16.2. The van der Waals surface area contributed by atoms with E-state index in [1.165, 1.54) is 13.2 Å². The van der Waals surface area contributed by atoms with Gasteiger partial charge in [0.15, 0.2) is 0 Å². The Kier molecular flexibility index (Phi) is 4.32. The van der Waals surface area contributed by atoms with Crippen LogP contribution in [-0.2, 0) is 19.6 Å². The molecule has 124 valence electrons. The number of benzene rings is 2. The Morgan fingerprint density at radius 3 is 2.54 bits per heavy atom. The van der Waals surface area contributed by atoms with E-state index >= 15 is 0 Å². The Hall–Kier alpha value is -2.71. The van der Waals surface area contributed by atoms with Crippen LogP contribution in [0.15, 0.2) is 57.8 Å². The summed E-state index contributed by atoms with van der Waals surface area (Å²) >= 11 is 0. The average molecular weight is 346 g/mol. The van der Waals surface area contributed by atoms with Gasteiger partial charge >= 0.3 is 0 Å². The molecule has 1 N–H and O–H groups in total. The van der Waals surface area contributed by atoms with Gasteiger partial charge in [-0.1, -0.05) is 12.1 Å². The standard InChI is InChI=1S/C16H14N2O5S/c1-22-10-15(19)17-11-6-8-12(9-7-11)23-16-13-4-2-3-5-14(13)24(20,21)18-16/h2-9H,10H2,1H3,(H,17,19). The molecule has 0 saturated heterocycles. The van der Waals surface area contributed by atoms with Gasteiger partial charge in [-0.25, -0.2) is 0 Å². The summed E-state index contributed by atoms with van der Waals surface area (Å²) in [7, 11) is -2.28. The van der Waals surface area contributed by atoms with Crippen molar-refractivity contribution in [3.05, 3.63) is 54.1 Å². The van der Waals surface area contributed by atoms with Crippen molar-refractivity contribution in [2.45, 2.75) is 4.90 Å². The maximum absolute atomic E-state index is 12.0. The molecule has 0 aromatic heterocycles. The van der Waals surface area contributed by atoms with Crippen molar-refractivity contribution in [3.8, 4) is 5.75 Å². The molecule has 24 heavy (non-hydrogen) atoms. The third kappa shape index (κ3) is 3.29. The van der Waals surface area contributed by atoms with Crippen molar-refractivity contribution in [2.75, 3.05) is 19.0 Å². The van der Waals surface area contributed by atoms with Crippen molar-refractivity contribution in [3.63, 3.8) is 0 Å². The number of sulfonamides is 1. The monoisotopic (exact) mass is 346 g/mol. The first-order valence-corrected chi connectivity index (χ1v) is 8.45. The second-order valence-corrected chi connectivity index (χ2v) is 6.55. The number of nitrogens with one attached hydrogen (secondary N) is 1. The van der Waals surface area contributed by atoms with E-state index in [0.717, 1.165) is 0 Å². The van der Waals surface area contributed by atoms with E-state index in [4.69, 9.17) is 9.47 Å². The summed E-state index contributed by atoms with van der Waals surface area (Å²) in [6, 6.07) is 13.0. The van der Waals surface area contributed by atoms with Crippen LogP contribution in [0.3, 0.4) is 0 Å². The zero-order valence-electron chi connectivity index (χ0n) is 12.7. The van der Waals surface area contributed by atoms with E-state index in [1.54, 1.807) is 42.5 Å². The smallest absolute Gasteiger partial charge is 0.286 e. The number of rotatable bonds is 4. The Balaban J connectivity index is 1.77. The molecule has 0 aliphatic carbocycles. The Morgan fingerprint density at radius 2 is 1.83 bits per heavy atom. The summed E-state index contributed by atoms with van der Waals surface area (Å²) in [6.45, 7) is -0.0380. The fraction of sp³-hybridized carbons (Fsp3) is 0.125. The summed E-state index contributed by atoms with van der Waals surface area (Å²) in [4.78, 5) is 11.6. The zero-order chi connectivity index (χ0) is 17.2. The average Bonchev–Trinajstić information content (AvgIpc) is 2.81. The second kappa shape index (κ2) is 6.42. The number of ether oxygens (including phenoxy) is 2. The van der Waals surface area contributed by atoms with Gasteiger partial charge in [0.2, 0.25) is 11.8 Å². The molecule has 1 aliphatic heterocycles. The molecule has 1 heterocycles. The van der Waals surface area contributed by atoms with Crippen LogP contribution in [-0.4, -0.2) is 33.9 Å². The minimum atomic E-state index is -3.71. The van der Waals surface area contributed by atoms with Crippen molar-refractivity contribution in [2.24, 2.45) is 4.40 Å². The maximum Gasteiger partial charge on any atom is 0.286 e. The van der Waals surface area contributed by atoms with E-state index in [1.807, 2.05) is 0 Å². The van der Waals surface area contributed by atoms with Gasteiger partial charge in [-0.2, -0.15) is 8.42 Å². The number of carbonyl (C=O) groups is 1. The first-order valence-electron chi connectivity index (χ1n) is 7.01. The number of amides is 1. The van der Waals surface area contributed by atoms with Gasteiger partial charge < -0.3 is 14.8 Å². The van der Waals surface area contributed by atoms with Crippen LogP contribution < -0.4 is 10.1 Å². The van der Waals surface area contributed by atoms with E-state index in [2.05, 4.69) is 9.71 Å². The highest BCUT2D eigenvalue weighted by Gasteiger charge is 2.29. The predicted octanol–water partition coefficient (Wildman–Crippen LogP) is 1.80. The predicted molar refractivity (Wildman–Crippen MR) is 87.7 cm³/mol. The SMILES string of the molecule is COCC(=O)Nc1ccc(OC2=NS(=O)(=O)c3ccccc32)cc1. The largest absolute Gasteiger partial charge is 0.438 e. The normalized spacial score (nSPS) is 14.6. The highest BCUT2D eigenvalue weighted by molar-refractivity contribution is 7.90. The van der Waals surface area contributed by atoms with Gasteiger partial charge in [0.05, 0.1) is 5.56 Å². The lowest BCUT2D eigenvalue weighted by molar-refractivity contribution is -0.119. The highest BCUT2D eigenvalue weighted by Crippen LogP contribution is 2.27. The molecule has 2 aromatic rings. The summed E-state index contributed by atoms with van der Waals surface area (Å²) < 4.78 is 37.9. The van der Waals surface area contributed by atoms with Crippen LogP contribution in [0.5, 0.6) is 5.75 Å². The van der Waals surface area contributed by atoms with Gasteiger partial charge in [0, 0.05) is 12.8 Å². The summed E-state index contributed by atoms with van der Waals surface area (Å²) in [5.41, 5.74) is 1.00. The molecule has 1 amide bonds. The Bertz CT molecular complexity index is 904. The topological polar surface area (TPSA) is 94.1 Å². The number of anilines is 1. The van der Waals surface area contributed by atoms with E-state index in [0.29, 0.717) is 17.0 Å². The molecule has 2 aromatic carbocycles. The van der Waals surface area contributed by atoms with E-state index < -0.39 is 10.0 Å². The molecular formula is C16H14N2O5S. The third-order valence-corrected chi connectivity index (χ3v) is 4.54. The number of fused-ring (bicyclic) bond motifs is 1. The van der Waals surface area contributed by atoms with E-state index in [9.17, 15) is 13.2 Å². The van der Waals surface area contributed by atoms with Crippen LogP contribution in [0.2, 0.25) is 0 Å². The Labute approximate surface area is 139 Å². The zero-order valence-corrected chi connectivity index (χ0v) is 13.5. The number of methoxy groups -OCH3 is 1. The number of nitrogens with zero attached hydrogens (tertiary/aromatic N) is 1. The summed E-state index contributed by atoms with van der Waals surface area (Å²) in [6.07, 6.45) is 0. The molecule has 0 bridgehead atoms.